The molecular weight excluding hydrogens is 340 g/mol. The van der Waals surface area contributed by atoms with E-state index in [1.54, 1.807) is 6.07 Å². The van der Waals surface area contributed by atoms with E-state index in [1.165, 1.54) is 12.1 Å². The third kappa shape index (κ3) is 4.44. The van der Waals surface area contributed by atoms with Crippen molar-refractivity contribution < 1.29 is 13.2 Å². The van der Waals surface area contributed by atoms with E-state index >= 15 is 0 Å². The zero-order chi connectivity index (χ0) is 13.8. The molecule has 0 bridgehead atoms. The summed E-state index contributed by atoms with van der Waals surface area (Å²) in [6, 6.07) is 4.50. The molecule has 0 heterocycles. The van der Waals surface area contributed by atoms with Gasteiger partial charge in [0.25, 0.3) is 9.05 Å². The summed E-state index contributed by atoms with van der Waals surface area (Å²) < 4.78 is 28.6. The van der Waals surface area contributed by atoms with E-state index in [-0.39, 0.29) is 4.90 Å². The largest absolute Gasteiger partial charge is 0.492 e. The van der Waals surface area contributed by atoms with Crippen molar-refractivity contribution in [3.05, 3.63) is 22.7 Å². The molecule has 1 aromatic rings. The molecule has 6 heteroatoms. The van der Waals surface area contributed by atoms with Gasteiger partial charge in [-0.1, -0.05) is 26.7 Å². The Morgan fingerprint density at radius 2 is 1.94 bits per heavy atom. The Hall–Kier alpha value is -0.260. The molecule has 3 nitrogen and oxygen atoms in total. The maximum Gasteiger partial charge on any atom is 0.261 e. The molecule has 0 aliphatic carbocycles. The molecular formula is C12H16BrClO3S. The molecule has 0 amide bonds. The number of rotatable bonds is 6. The highest BCUT2D eigenvalue weighted by Gasteiger charge is 2.13. The Kier molecular flexibility index (Phi) is 5.95. The van der Waals surface area contributed by atoms with Gasteiger partial charge in [0.05, 0.1) is 16.0 Å². The summed E-state index contributed by atoms with van der Waals surface area (Å²) >= 11 is 3.29. The van der Waals surface area contributed by atoms with Gasteiger partial charge in [-0.2, -0.15) is 0 Å². The van der Waals surface area contributed by atoms with Crippen molar-refractivity contribution in [3.8, 4) is 5.75 Å². The number of benzene rings is 1. The average Bonchev–Trinajstić information content (AvgIpc) is 2.30. The molecule has 1 rings (SSSR count). The molecule has 0 saturated carbocycles. The van der Waals surface area contributed by atoms with E-state index in [9.17, 15) is 8.42 Å². The summed E-state index contributed by atoms with van der Waals surface area (Å²) in [5.74, 6) is 1.14. The summed E-state index contributed by atoms with van der Waals surface area (Å²) in [4.78, 5) is 0.0610. The lowest BCUT2D eigenvalue weighted by atomic mass is 10.1. The monoisotopic (exact) mass is 354 g/mol. The van der Waals surface area contributed by atoms with E-state index in [4.69, 9.17) is 15.4 Å². The second-order valence-corrected chi connectivity index (χ2v) is 7.44. The van der Waals surface area contributed by atoms with Crippen molar-refractivity contribution in [1.82, 2.24) is 0 Å². The van der Waals surface area contributed by atoms with Crippen LogP contribution in [0, 0.1) is 5.92 Å². The molecule has 0 aliphatic rings. The van der Waals surface area contributed by atoms with Crippen LogP contribution in [0.25, 0.3) is 0 Å². The van der Waals surface area contributed by atoms with E-state index in [2.05, 4.69) is 29.8 Å². The minimum absolute atomic E-state index is 0.0610. The van der Waals surface area contributed by atoms with Crippen LogP contribution in [0.15, 0.2) is 27.6 Å². The van der Waals surface area contributed by atoms with Crippen molar-refractivity contribution >= 4 is 35.7 Å². The molecule has 0 saturated heterocycles. The smallest absolute Gasteiger partial charge is 0.261 e. The van der Waals surface area contributed by atoms with Gasteiger partial charge in [0.1, 0.15) is 5.75 Å². The van der Waals surface area contributed by atoms with Gasteiger partial charge in [0, 0.05) is 10.7 Å². The molecule has 0 N–H and O–H groups in total. The van der Waals surface area contributed by atoms with Gasteiger partial charge in [-0.15, -0.1) is 0 Å². The summed E-state index contributed by atoms with van der Waals surface area (Å²) in [7, 11) is 1.57. The van der Waals surface area contributed by atoms with Crippen molar-refractivity contribution in [3.63, 3.8) is 0 Å². The summed E-state index contributed by atoms with van der Waals surface area (Å²) in [6.07, 6.45) is 2.12. The Labute approximate surface area is 121 Å². The Morgan fingerprint density at radius 3 is 2.39 bits per heavy atom. The molecule has 0 spiro atoms. The zero-order valence-electron chi connectivity index (χ0n) is 10.3. The Morgan fingerprint density at radius 1 is 1.33 bits per heavy atom. The summed E-state index contributed by atoms with van der Waals surface area (Å²) in [5, 5.41) is 0. The summed E-state index contributed by atoms with van der Waals surface area (Å²) in [5.41, 5.74) is 0. The van der Waals surface area contributed by atoms with Gasteiger partial charge in [-0.25, -0.2) is 8.42 Å². The minimum atomic E-state index is -3.70. The topological polar surface area (TPSA) is 43.4 Å². The van der Waals surface area contributed by atoms with Crippen LogP contribution in [-0.4, -0.2) is 15.0 Å². The SMILES string of the molecule is CCC(CC)COc1ccc(S(=O)(=O)Cl)cc1Br. The van der Waals surface area contributed by atoms with Crippen LogP contribution in [0.4, 0.5) is 0 Å². The molecule has 0 fully saturated rings. The highest BCUT2D eigenvalue weighted by Crippen LogP contribution is 2.29. The van der Waals surface area contributed by atoms with Gasteiger partial charge < -0.3 is 4.74 Å². The van der Waals surface area contributed by atoms with Crippen LogP contribution in [0.1, 0.15) is 26.7 Å². The second kappa shape index (κ2) is 6.78. The number of ether oxygens (including phenoxy) is 1. The van der Waals surface area contributed by atoms with Crippen LogP contribution in [0.2, 0.25) is 0 Å². The first-order valence-corrected chi connectivity index (χ1v) is 8.85. The Bertz CT molecular complexity index is 498. The lowest BCUT2D eigenvalue weighted by molar-refractivity contribution is 0.239. The molecule has 0 aliphatic heterocycles. The van der Waals surface area contributed by atoms with Gasteiger partial charge in [0.15, 0.2) is 0 Å². The third-order valence-corrected chi connectivity index (χ3v) is 4.79. The van der Waals surface area contributed by atoms with E-state index < -0.39 is 9.05 Å². The quantitative estimate of drug-likeness (QED) is 0.719. The maximum absolute atomic E-state index is 11.2. The molecule has 0 aromatic heterocycles. The predicted molar refractivity (Wildman–Crippen MR) is 76.7 cm³/mol. The molecule has 1 aromatic carbocycles. The van der Waals surface area contributed by atoms with Crippen LogP contribution in [-0.2, 0) is 9.05 Å². The first-order chi connectivity index (χ1) is 8.38. The van der Waals surface area contributed by atoms with E-state index in [1.807, 2.05) is 0 Å². The van der Waals surface area contributed by atoms with Crippen molar-refractivity contribution in [2.24, 2.45) is 5.92 Å². The standard InChI is InChI=1S/C12H16BrClO3S/c1-3-9(4-2)8-17-12-6-5-10(7-11(12)13)18(14,15)16/h5-7,9H,3-4,8H2,1-2H3. The maximum atomic E-state index is 11.2. The van der Waals surface area contributed by atoms with Crippen molar-refractivity contribution in [1.29, 1.82) is 0 Å². The van der Waals surface area contributed by atoms with Gasteiger partial charge in [-0.3, -0.25) is 0 Å². The highest BCUT2D eigenvalue weighted by molar-refractivity contribution is 9.10. The van der Waals surface area contributed by atoms with Gasteiger partial charge in [-0.05, 0) is 40.0 Å². The minimum Gasteiger partial charge on any atom is -0.492 e. The number of hydrogen-bond acceptors (Lipinski definition) is 3. The highest BCUT2D eigenvalue weighted by atomic mass is 79.9. The fraction of sp³-hybridized carbons (Fsp3) is 0.500. The fourth-order valence-electron chi connectivity index (χ4n) is 1.48. The van der Waals surface area contributed by atoms with E-state index in [0.29, 0.717) is 22.7 Å². The van der Waals surface area contributed by atoms with Crippen molar-refractivity contribution in [2.75, 3.05) is 6.61 Å². The zero-order valence-corrected chi connectivity index (χ0v) is 13.5. The predicted octanol–water partition coefficient (Wildman–Crippen LogP) is 4.19. The van der Waals surface area contributed by atoms with E-state index in [0.717, 1.165) is 12.8 Å². The fourth-order valence-corrected chi connectivity index (χ4v) is 2.90. The second-order valence-electron chi connectivity index (χ2n) is 4.02. The first-order valence-electron chi connectivity index (χ1n) is 5.75. The van der Waals surface area contributed by atoms with Crippen LogP contribution < -0.4 is 4.74 Å². The first kappa shape index (κ1) is 15.8. The third-order valence-electron chi connectivity index (χ3n) is 2.81. The van der Waals surface area contributed by atoms with Crippen LogP contribution in [0.3, 0.4) is 0 Å². The lowest BCUT2D eigenvalue weighted by Gasteiger charge is -2.14. The molecule has 0 unspecified atom stereocenters. The summed E-state index contributed by atoms with van der Waals surface area (Å²) in [6.45, 7) is 4.87. The molecule has 0 atom stereocenters. The lowest BCUT2D eigenvalue weighted by Crippen LogP contribution is -2.10. The Balaban J connectivity index is 2.81. The average molecular weight is 356 g/mol. The van der Waals surface area contributed by atoms with Crippen molar-refractivity contribution in [2.45, 2.75) is 31.6 Å². The molecule has 0 radical (unpaired) electrons. The molecule has 102 valence electrons. The van der Waals surface area contributed by atoms with Crippen LogP contribution >= 0.6 is 26.6 Å². The number of hydrogen-bond donors (Lipinski definition) is 0. The van der Waals surface area contributed by atoms with Gasteiger partial charge >= 0.3 is 0 Å². The molecule has 18 heavy (non-hydrogen) atoms. The van der Waals surface area contributed by atoms with Gasteiger partial charge in [0.2, 0.25) is 0 Å². The number of halogens is 2. The van der Waals surface area contributed by atoms with Crippen LogP contribution in [0.5, 0.6) is 5.75 Å². The normalized spacial score (nSPS) is 11.8.